The van der Waals surface area contributed by atoms with Gasteiger partial charge in [-0.2, -0.15) is 0 Å². The van der Waals surface area contributed by atoms with Gasteiger partial charge in [0.15, 0.2) is 0 Å². The van der Waals surface area contributed by atoms with E-state index in [1.54, 1.807) is 0 Å². The fourth-order valence-electron chi connectivity index (χ4n) is 5.02. The van der Waals surface area contributed by atoms with Gasteiger partial charge in [-0.15, -0.1) is 0 Å². The van der Waals surface area contributed by atoms with Gasteiger partial charge in [0.05, 0.1) is 32.3 Å². The van der Waals surface area contributed by atoms with E-state index in [9.17, 15) is 9.59 Å². The summed E-state index contributed by atoms with van der Waals surface area (Å²) < 4.78 is 11.5. The Bertz CT molecular complexity index is 547. The van der Waals surface area contributed by atoms with Crippen LogP contribution in [-0.2, 0) is 19.1 Å². The smallest absolute Gasteiger partial charge is 0.225 e. The summed E-state index contributed by atoms with van der Waals surface area (Å²) in [7, 11) is 0. The Morgan fingerprint density at radius 3 is 2.63 bits per heavy atom. The van der Waals surface area contributed by atoms with E-state index in [0.717, 1.165) is 32.4 Å². The molecule has 7 heteroatoms. The van der Waals surface area contributed by atoms with Gasteiger partial charge >= 0.3 is 0 Å². The van der Waals surface area contributed by atoms with E-state index in [1.807, 2.05) is 4.90 Å². The summed E-state index contributed by atoms with van der Waals surface area (Å²) in [4.78, 5) is 29.5. The van der Waals surface area contributed by atoms with E-state index >= 15 is 0 Å². The topological polar surface area (TPSA) is 71.1 Å². The molecule has 0 spiro atoms. The van der Waals surface area contributed by atoms with Gasteiger partial charge in [-0.05, 0) is 31.7 Å². The van der Waals surface area contributed by atoms with Crippen molar-refractivity contribution in [3.8, 4) is 0 Å². The standard InChI is InChI=1S/C20H33N3O4/c1-2-5-23-12-14(10-18(24)21-15-3-4-15)20-16(23)13-27-17(20)11-19(25)22-6-8-26-9-7-22/h14-17,20H,2-13H2,1H3,(H,21,24)/t14-,16-,17+,20-/m1/s1. The lowest BCUT2D eigenvalue weighted by atomic mass is 9.84. The third-order valence-electron chi connectivity index (χ3n) is 6.48. The summed E-state index contributed by atoms with van der Waals surface area (Å²) >= 11 is 0. The molecule has 0 unspecified atom stereocenters. The first-order valence-electron chi connectivity index (χ1n) is 10.7. The van der Waals surface area contributed by atoms with Crippen LogP contribution >= 0.6 is 0 Å². The zero-order valence-corrected chi connectivity index (χ0v) is 16.4. The number of ether oxygens (including phenoxy) is 2. The van der Waals surface area contributed by atoms with Crippen LogP contribution in [0.4, 0.5) is 0 Å². The van der Waals surface area contributed by atoms with Crippen molar-refractivity contribution in [2.75, 3.05) is 46.0 Å². The Morgan fingerprint density at radius 2 is 1.93 bits per heavy atom. The highest BCUT2D eigenvalue weighted by molar-refractivity contribution is 5.78. The Kier molecular flexibility index (Phi) is 5.99. The maximum atomic E-state index is 12.7. The number of nitrogens with zero attached hydrogens (tertiary/aromatic N) is 2. The lowest BCUT2D eigenvalue weighted by molar-refractivity contribution is -0.138. The molecule has 2 amide bonds. The number of amides is 2. The van der Waals surface area contributed by atoms with Crippen LogP contribution < -0.4 is 5.32 Å². The third kappa shape index (κ3) is 4.46. The molecule has 4 fully saturated rings. The van der Waals surface area contributed by atoms with Gasteiger partial charge in [-0.3, -0.25) is 14.5 Å². The largest absolute Gasteiger partial charge is 0.378 e. The molecule has 4 rings (SSSR count). The lowest BCUT2D eigenvalue weighted by Crippen LogP contribution is -2.43. The van der Waals surface area contributed by atoms with Crippen LogP contribution in [0, 0.1) is 11.8 Å². The monoisotopic (exact) mass is 379 g/mol. The second-order valence-electron chi connectivity index (χ2n) is 8.51. The molecule has 0 bridgehead atoms. The molecule has 4 aliphatic rings. The van der Waals surface area contributed by atoms with Gasteiger partial charge in [-0.1, -0.05) is 6.92 Å². The van der Waals surface area contributed by atoms with E-state index in [0.29, 0.717) is 57.8 Å². The quantitative estimate of drug-likeness (QED) is 0.703. The Morgan fingerprint density at radius 1 is 1.15 bits per heavy atom. The van der Waals surface area contributed by atoms with Crippen molar-refractivity contribution in [3.63, 3.8) is 0 Å². The van der Waals surface area contributed by atoms with Crippen molar-refractivity contribution in [3.05, 3.63) is 0 Å². The maximum absolute atomic E-state index is 12.7. The van der Waals surface area contributed by atoms with Crippen molar-refractivity contribution < 1.29 is 19.1 Å². The number of rotatable bonds is 7. The molecule has 1 aliphatic carbocycles. The molecule has 7 nitrogen and oxygen atoms in total. The fourth-order valence-corrected chi connectivity index (χ4v) is 5.02. The minimum Gasteiger partial charge on any atom is -0.378 e. The summed E-state index contributed by atoms with van der Waals surface area (Å²) in [6.45, 7) is 7.46. The number of carbonyl (C=O) groups excluding carboxylic acids is 2. The highest BCUT2D eigenvalue weighted by atomic mass is 16.5. The van der Waals surface area contributed by atoms with Gasteiger partial charge in [-0.25, -0.2) is 0 Å². The van der Waals surface area contributed by atoms with Gasteiger partial charge in [0.25, 0.3) is 0 Å². The van der Waals surface area contributed by atoms with E-state index < -0.39 is 0 Å². The van der Waals surface area contributed by atoms with Crippen LogP contribution in [-0.4, -0.2) is 85.8 Å². The van der Waals surface area contributed by atoms with Gasteiger partial charge < -0.3 is 19.7 Å². The maximum Gasteiger partial charge on any atom is 0.225 e. The SMILES string of the molecule is CCCN1C[C@@H](CC(=O)NC2CC2)[C@H]2[C@H](CC(=O)N3CCOCC3)OC[C@H]21. The van der Waals surface area contributed by atoms with Crippen molar-refractivity contribution in [2.45, 2.75) is 57.2 Å². The minimum atomic E-state index is -0.0640. The van der Waals surface area contributed by atoms with Crippen molar-refractivity contribution >= 4 is 11.8 Å². The normalized spacial score (nSPS) is 33.9. The predicted molar refractivity (Wildman–Crippen MR) is 100 cm³/mol. The molecule has 0 aromatic rings. The van der Waals surface area contributed by atoms with E-state index in [-0.39, 0.29) is 29.8 Å². The molecule has 4 atom stereocenters. The van der Waals surface area contributed by atoms with E-state index in [1.165, 1.54) is 0 Å². The molecule has 0 aromatic heterocycles. The van der Waals surface area contributed by atoms with Crippen LogP contribution in [0.25, 0.3) is 0 Å². The van der Waals surface area contributed by atoms with Crippen LogP contribution in [0.5, 0.6) is 0 Å². The summed E-state index contributed by atoms with van der Waals surface area (Å²) in [5.74, 6) is 0.903. The highest BCUT2D eigenvalue weighted by Crippen LogP contribution is 2.41. The molecule has 1 saturated carbocycles. The molecular weight excluding hydrogens is 346 g/mol. The lowest BCUT2D eigenvalue weighted by Gasteiger charge is -2.29. The number of morpholine rings is 1. The Balaban J connectivity index is 1.39. The molecule has 3 heterocycles. The highest BCUT2D eigenvalue weighted by Gasteiger charge is 2.51. The average Bonchev–Trinajstić information content (AvgIpc) is 3.28. The summed E-state index contributed by atoms with van der Waals surface area (Å²) in [5.41, 5.74) is 0. The number of hydrogen-bond acceptors (Lipinski definition) is 5. The van der Waals surface area contributed by atoms with Gasteiger partial charge in [0.2, 0.25) is 11.8 Å². The first-order chi connectivity index (χ1) is 13.2. The Labute approximate surface area is 161 Å². The number of nitrogens with one attached hydrogen (secondary N) is 1. The summed E-state index contributed by atoms with van der Waals surface area (Å²) in [5, 5.41) is 3.13. The summed E-state index contributed by atoms with van der Waals surface area (Å²) in [6.07, 6.45) is 4.26. The van der Waals surface area contributed by atoms with Crippen LogP contribution in [0.3, 0.4) is 0 Å². The first-order valence-corrected chi connectivity index (χ1v) is 10.7. The van der Waals surface area contributed by atoms with Crippen LogP contribution in [0.2, 0.25) is 0 Å². The van der Waals surface area contributed by atoms with Crippen LogP contribution in [0.15, 0.2) is 0 Å². The summed E-state index contributed by atoms with van der Waals surface area (Å²) in [6, 6.07) is 0.756. The van der Waals surface area contributed by atoms with E-state index in [4.69, 9.17) is 9.47 Å². The van der Waals surface area contributed by atoms with E-state index in [2.05, 4.69) is 17.1 Å². The Hall–Kier alpha value is -1.18. The number of fused-ring (bicyclic) bond motifs is 1. The van der Waals surface area contributed by atoms with Gasteiger partial charge in [0, 0.05) is 44.1 Å². The molecule has 1 N–H and O–H groups in total. The van der Waals surface area contributed by atoms with Crippen molar-refractivity contribution in [1.82, 2.24) is 15.1 Å². The molecule has 0 radical (unpaired) electrons. The van der Waals surface area contributed by atoms with Crippen molar-refractivity contribution in [1.29, 1.82) is 0 Å². The molecule has 0 aromatic carbocycles. The molecule has 27 heavy (non-hydrogen) atoms. The van der Waals surface area contributed by atoms with Gasteiger partial charge in [0.1, 0.15) is 0 Å². The fraction of sp³-hybridized carbons (Fsp3) is 0.900. The first kappa shape index (κ1) is 19.2. The average molecular weight is 380 g/mol. The third-order valence-corrected chi connectivity index (χ3v) is 6.48. The molecule has 3 aliphatic heterocycles. The number of likely N-dealkylation sites (tertiary alicyclic amines) is 1. The second kappa shape index (κ2) is 8.45. The predicted octanol–water partition coefficient (Wildman–Crippen LogP) is 0.629. The molecule has 3 saturated heterocycles. The second-order valence-corrected chi connectivity index (χ2v) is 8.51. The molecule has 152 valence electrons. The number of hydrogen-bond donors (Lipinski definition) is 1. The van der Waals surface area contributed by atoms with Crippen molar-refractivity contribution in [2.24, 2.45) is 11.8 Å². The van der Waals surface area contributed by atoms with Crippen LogP contribution in [0.1, 0.15) is 39.0 Å². The molecular formula is C20H33N3O4. The zero-order valence-electron chi connectivity index (χ0n) is 16.4. The number of carbonyl (C=O) groups is 2. The minimum absolute atomic E-state index is 0.0640. The zero-order chi connectivity index (χ0) is 18.8.